The molecule has 0 saturated carbocycles. The van der Waals surface area contributed by atoms with Crippen LogP contribution in [0.3, 0.4) is 0 Å². The van der Waals surface area contributed by atoms with Crippen LogP contribution in [-0.2, 0) is 6.18 Å². The lowest BCUT2D eigenvalue weighted by Crippen LogP contribution is -2.11. The Morgan fingerprint density at radius 3 is 2.00 bits per heavy atom. The molecule has 269 valence electrons. The molecule has 19 heteroatoms. The van der Waals surface area contributed by atoms with Gasteiger partial charge >= 0.3 is 19.4 Å². The summed E-state index contributed by atoms with van der Waals surface area (Å²) in [5.74, 6) is -0.316. The van der Waals surface area contributed by atoms with Gasteiger partial charge < -0.3 is 9.47 Å². The highest BCUT2D eigenvalue weighted by atomic mass is 79.9. The molecular formula is C34H17BrF7N6O2S3. The predicted molar refractivity (Wildman–Crippen MR) is 194 cm³/mol. The number of anilines is 4. The highest BCUT2D eigenvalue weighted by molar-refractivity contribution is 9.10. The Hall–Kier alpha value is -4.72. The normalized spacial score (nSPS) is 13.2. The molecule has 0 unspecified atom stereocenters. The zero-order valence-corrected chi connectivity index (χ0v) is 30.4. The van der Waals surface area contributed by atoms with Crippen molar-refractivity contribution in [2.75, 3.05) is 8.61 Å². The second-order valence-corrected chi connectivity index (χ2v) is 14.0. The van der Waals surface area contributed by atoms with E-state index in [1.807, 2.05) is 6.92 Å². The number of hydrogen-bond acceptors (Lipinski definition) is 11. The van der Waals surface area contributed by atoms with E-state index >= 15 is 13.2 Å². The molecule has 8 nitrogen and oxygen atoms in total. The van der Waals surface area contributed by atoms with Crippen molar-refractivity contribution in [2.24, 2.45) is 0 Å². The third-order valence-electron chi connectivity index (χ3n) is 8.21. The van der Waals surface area contributed by atoms with E-state index in [-0.39, 0.29) is 45.0 Å². The Bertz CT molecular complexity index is 2520. The molecule has 0 amide bonds. The molecule has 0 fully saturated rings. The maximum absolute atomic E-state index is 15.2. The van der Waals surface area contributed by atoms with Gasteiger partial charge in [-0.2, -0.15) is 48.2 Å². The zero-order valence-electron chi connectivity index (χ0n) is 26.3. The molecule has 0 saturated heterocycles. The first-order valence-corrected chi connectivity index (χ1v) is 18.1. The van der Waals surface area contributed by atoms with Crippen molar-refractivity contribution in [1.29, 1.82) is 0 Å². The standard InChI is InChI=1S/C34H17BrF7N6O2S3/c1-15-20(9-11-24-28(15)45-51-43-24)22-14-23(21-10-12-25-29(46-52-44-25)26(21)34(40,41)42)30-31(27(22)35)47(16-5-7-18(8-6-16)49-32(36)37)53-48(30)17-3-2-4-19(13-17)50-33(38)39/h2-13,32-33H,1H3. The van der Waals surface area contributed by atoms with E-state index in [9.17, 15) is 17.6 Å². The number of benzene rings is 5. The number of aromatic nitrogens is 4. The number of alkyl halides is 7. The van der Waals surface area contributed by atoms with Crippen LogP contribution in [0.4, 0.5) is 53.5 Å². The van der Waals surface area contributed by atoms with Crippen molar-refractivity contribution < 1.29 is 40.2 Å². The van der Waals surface area contributed by atoms with E-state index < -0.39 is 25.0 Å². The lowest BCUT2D eigenvalue weighted by atomic mass is 9.90. The minimum absolute atomic E-state index is 0.0100. The summed E-state index contributed by atoms with van der Waals surface area (Å²) in [5, 5.41) is 0. The molecule has 53 heavy (non-hydrogen) atoms. The highest BCUT2D eigenvalue weighted by Crippen LogP contribution is 2.62. The van der Waals surface area contributed by atoms with Gasteiger partial charge in [0.05, 0.1) is 68.4 Å². The van der Waals surface area contributed by atoms with Crippen molar-refractivity contribution in [3.05, 3.63) is 94.5 Å². The average Bonchev–Trinajstić information content (AvgIpc) is 3.87. The largest absolute Gasteiger partial charge is 0.435 e. The monoisotopic (exact) mass is 849 g/mol. The lowest BCUT2D eigenvalue weighted by molar-refractivity contribution is -0.135. The summed E-state index contributed by atoms with van der Waals surface area (Å²) < 4.78 is 128. The zero-order chi connectivity index (χ0) is 37.2. The van der Waals surface area contributed by atoms with Crippen LogP contribution < -0.4 is 18.1 Å². The number of nitrogens with zero attached hydrogens (tertiary/aromatic N) is 6. The summed E-state index contributed by atoms with van der Waals surface area (Å²) in [5.41, 5.74) is 2.45. The smallest absolute Gasteiger partial charge is 0.419 e. The van der Waals surface area contributed by atoms with E-state index in [1.54, 1.807) is 26.8 Å². The van der Waals surface area contributed by atoms with Gasteiger partial charge in [-0.1, -0.05) is 18.2 Å². The maximum Gasteiger partial charge on any atom is 0.419 e. The SMILES string of the molecule is Cc1c(-c2[c]c(-c3ccc4nsnc4c3C(F)(F)F)c3c(c2Br)N(c2ccc(OC(F)F)cc2)SN3c2cccc(OC(F)F)c2)ccc2nsnc12. The van der Waals surface area contributed by atoms with Gasteiger partial charge in [0.2, 0.25) is 0 Å². The van der Waals surface area contributed by atoms with Crippen molar-refractivity contribution in [1.82, 2.24) is 17.5 Å². The molecule has 3 heterocycles. The number of rotatable bonds is 8. The molecule has 8 rings (SSSR count). The summed E-state index contributed by atoms with van der Waals surface area (Å²) in [7, 11) is 0. The first-order chi connectivity index (χ1) is 25.4. The first-order valence-electron chi connectivity index (χ1n) is 15.1. The summed E-state index contributed by atoms with van der Waals surface area (Å²) in [6.07, 6.45) is -4.90. The molecule has 0 spiro atoms. The third-order valence-corrected chi connectivity index (χ3v) is 11.2. The summed E-state index contributed by atoms with van der Waals surface area (Å²) in [6, 6.07) is 20.9. The van der Waals surface area contributed by atoms with E-state index in [4.69, 9.17) is 0 Å². The van der Waals surface area contributed by atoms with E-state index in [0.29, 0.717) is 55.3 Å². The van der Waals surface area contributed by atoms with Crippen LogP contribution in [0, 0.1) is 13.0 Å². The number of ether oxygens (including phenoxy) is 2. The van der Waals surface area contributed by atoms with E-state index in [1.165, 1.54) is 54.6 Å². The molecule has 0 N–H and O–H groups in total. The second-order valence-electron chi connectivity index (χ2n) is 11.3. The summed E-state index contributed by atoms with van der Waals surface area (Å²) in [4.78, 5) is 0. The topological polar surface area (TPSA) is 76.5 Å². The quantitative estimate of drug-likeness (QED) is 0.110. The minimum atomic E-state index is -4.90. The molecule has 5 aromatic carbocycles. The molecule has 0 aliphatic carbocycles. The molecule has 1 radical (unpaired) electrons. The Balaban J connectivity index is 1.46. The third kappa shape index (κ3) is 6.38. The first kappa shape index (κ1) is 35.3. The number of fused-ring (bicyclic) bond motifs is 3. The lowest BCUT2D eigenvalue weighted by Gasteiger charge is -2.23. The Labute approximate surface area is 315 Å². The van der Waals surface area contributed by atoms with Gasteiger partial charge in [-0.3, -0.25) is 8.61 Å². The van der Waals surface area contributed by atoms with Crippen molar-refractivity contribution in [2.45, 2.75) is 26.3 Å². The number of hydrogen-bond donors (Lipinski definition) is 0. The number of halogens is 8. The predicted octanol–water partition coefficient (Wildman–Crippen LogP) is 12.0. The van der Waals surface area contributed by atoms with Crippen LogP contribution in [0.1, 0.15) is 11.1 Å². The van der Waals surface area contributed by atoms with Crippen LogP contribution in [0.25, 0.3) is 44.3 Å². The molecule has 1 aliphatic rings. The molecule has 7 aromatic rings. The van der Waals surface area contributed by atoms with Gasteiger partial charge in [0.15, 0.2) is 0 Å². The second kappa shape index (κ2) is 13.6. The fourth-order valence-electron chi connectivity index (χ4n) is 6.01. The van der Waals surface area contributed by atoms with E-state index in [0.717, 1.165) is 23.9 Å². The van der Waals surface area contributed by atoms with Gasteiger partial charge in [-0.25, -0.2) is 0 Å². The molecular weight excluding hydrogens is 834 g/mol. The summed E-state index contributed by atoms with van der Waals surface area (Å²) in [6.45, 7) is -4.40. The van der Waals surface area contributed by atoms with Gasteiger partial charge in [-0.05, 0) is 88.1 Å². The fourth-order valence-corrected chi connectivity index (χ4v) is 9.04. The van der Waals surface area contributed by atoms with Gasteiger partial charge in [0.25, 0.3) is 0 Å². The fraction of sp³-hybridized carbons (Fsp3) is 0.118. The molecule has 2 aromatic heterocycles. The van der Waals surface area contributed by atoms with Crippen LogP contribution in [-0.4, -0.2) is 30.7 Å². The molecule has 1 aliphatic heterocycles. The Kier molecular flexibility index (Phi) is 9.06. The average molecular weight is 851 g/mol. The van der Waals surface area contributed by atoms with Crippen LogP contribution in [0.2, 0.25) is 0 Å². The highest BCUT2D eigenvalue weighted by Gasteiger charge is 2.42. The minimum Gasteiger partial charge on any atom is -0.435 e. The van der Waals surface area contributed by atoms with Crippen molar-refractivity contribution in [3.63, 3.8) is 0 Å². The van der Waals surface area contributed by atoms with Crippen molar-refractivity contribution in [3.8, 4) is 33.8 Å². The maximum atomic E-state index is 15.2. The van der Waals surface area contributed by atoms with Gasteiger partial charge in [0.1, 0.15) is 33.6 Å². The Morgan fingerprint density at radius 2 is 1.32 bits per heavy atom. The van der Waals surface area contributed by atoms with Crippen LogP contribution in [0.5, 0.6) is 11.5 Å². The van der Waals surface area contributed by atoms with E-state index in [2.05, 4.69) is 49.0 Å². The van der Waals surface area contributed by atoms with Crippen molar-refractivity contribution >= 4 is 96.3 Å². The number of aryl methyl sites for hydroxylation is 1. The van der Waals surface area contributed by atoms with Gasteiger partial charge in [-0.15, -0.1) is 0 Å². The van der Waals surface area contributed by atoms with Crippen LogP contribution in [0.15, 0.2) is 77.3 Å². The molecule has 0 atom stereocenters. The van der Waals surface area contributed by atoms with Gasteiger partial charge in [0, 0.05) is 23.3 Å². The summed E-state index contributed by atoms with van der Waals surface area (Å²) >= 11 is 6.41. The Morgan fingerprint density at radius 1 is 0.698 bits per heavy atom. The molecule has 0 bridgehead atoms. The van der Waals surface area contributed by atoms with Crippen LogP contribution >= 0.6 is 51.5 Å².